The number of benzene rings is 1. The second kappa shape index (κ2) is 8.60. The van der Waals surface area contributed by atoms with Crippen molar-refractivity contribution < 1.29 is 9.18 Å². The lowest BCUT2D eigenvalue weighted by molar-refractivity contribution is -0.130. The molecule has 3 heteroatoms. The molecule has 1 aromatic rings. The standard InChI is InChI=1S/C18H24FNO/c19-17-12-10-16(11-13-17)8-4-1-2-5-9-18(21)20-14-6-3-7-15-20/h3,6,10-13H,1-2,4-5,7-9,14-15H2. The van der Waals surface area contributed by atoms with E-state index < -0.39 is 0 Å². The van der Waals surface area contributed by atoms with E-state index in [1.807, 2.05) is 17.0 Å². The predicted octanol–water partition coefficient (Wildman–Crippen LogP) is 4.11. The number of hydrogen-bond donors (Lipinski definition) is 0. The number of carbonyl (C=O) groups is 1. The van der Waals surface area contributed by atoms with Crippen molar-refractivity contribution in [3.05, 3.63) is 47.8 Å². The molecule has 0 aliphatic carbocycles. The van der Waals surface area contributed by atoms with Gasteiger partial charge in [-0.05, 0) is 43.4 Å². The summed E-state index contributed by atoms with van der Waals surface area (Å²) in [6, 6.07) is 6.73. The van der Waals surface area contributed by atoms with Crippen molar-refractivity contribution in [2.24, 2.45) is 0 Å². The molecule has 0 unspecified atom stereocenters. The maximum absolute atomic E-state index is 12.8. The molecule has 0 spiro atoms. The van der Waals surface area contributed by atoms with Crippen LogP contribution < -0.4 is 0 Å². The SMILES string of the molecule is O=C(CCCCCCc1ccc(F)cc1)N1CC=CCC1. The molecule has 0 aromatic heterocycles. The summed E-state index contributed by atoms with van der Waals surface area (Å²) in [5.74, 6) is 0.114. The highest BCUT2D eigenvalue weighted by atomic mass is 19.1. The van der Waals surface area contributed by atoms with Crippen molar-refractivity contribution in [1.82, 2.24) is 4.90 Å². The third-order valence-corrected chi connectivity index (χ3v) is 3.93. The van der Waals surface area contributed by atoms with Crippen LogP contribution in [0, 0.1) is 5.82 Å². The molecule has 0 saturated heterocycles. The smallest absolute Gasteiger partial charge is 0.222 e. The van der Waals surface area contributed by atoms with Gasteiger partial charge in [0, 0.05) is 19.5 Å². The first kappa shape index (κ1) is 15.7. The highest BCUT2D eigenvalue weighted by Gasteiger charge is 2.12. The number of rotatable bonds is 7. The quantitative estimate of drug-likeness (QED) is 0.546. The second-order valence-corrected chi connectivity index (χ2v) is 5.64. The molecule has 0 saturated carbocycles. The van der Waals surface area contributed by atoms with Gasteiger partial charge in [-0.15, -0.1) is 0 Å². The zero-order valence-electron chi connectivity index (χ0n) is 12.6. The minimum atomic E-state index is -0.176. The monoisotopic (exact) mass is 289 g/mol. The molecule has 2 rings (SSSR count). The third kappa shape index (κ3) is 5.70. The zero-order valence-corrected chi connectivity index (χ0v) is 12.6. The first-order valence-corrected chi connectivity index (χ1v) is 7.93. The summed E-state index contributed by atoms with van der Waals surface area (Å²) in [7, 11) is 0. The summed E-state index contributed by atoms with van der Waals surface area (Å²) in [5, 5.41) is 0. The second-order valence-electron chi connectivity index (χ2n) is 5.64. The average molecular weight is 289 g/mol. The van der Waals surface area contributed by atoms with Crippen molar-refractivity contribution in [3.63, 3.8) is 0 Å². The van der Waals surface area contributed by atoms with Gasteiger partial charge in [0.25, 0.3) is 0 Å². The summed E-state index contributed by atoms with van der Waals surface area (Å²) in [6.07, 6.45) is 11.2. The fraction of sp³-hybridized carbons (Fsp3) is 0.500. The van der Waals surface area contributed by atoms with E-state index in [1.54, 1.807) is 0 Å². The Morgan fingerprint density at radius 1 is 1.05 bits per heavy atom. The van der Waals surface area contributed by atoms with Crippen molar-refractivity contribution >= 4 is 5.91 Å². The molecule has 114 valence electrons. The Hall–Kier alpha value is -1.64. The molecule has 0 radical (unpaired) electrons. The van der Waals surface area contributed by atoms with Gasteiger partial charge in [0.2, 0.25) is 5.91 Å². The van der Waals surface area contributed by atoms with Crippen LogP contribution in [0.4, 0.5) is 4.39 Å². The summed E-state index contributed by atoms with van der Waals surface area (Å²) in [5.41, 5.74) is 1.19. The van der Waals surface area contributed by atoms with E-state index >= 15 is 0 Å². The van der Waals surface area contributed by atoms with Crippen molar-refractivity contribution in [3.8, 4) is 0 Å². The summed E-state index contributed by atoms with van der Waals surface area (Å²) in [6.45, 7) is 1.66. The molecule has 0 fully saturated rings. The third-order valence-electron chi connectivity index (χ3n) is 3.93. The molecule has 0 bridgehead atoms. The molecule has 1 aromatic carbocycles. The van der Waals surface area contributed by atoms with Crippen LogP contribution in [0.1, 0.15) is 44.1 Å². The van der Waals surface area contributed by atoms with Gasteiger partial charge >= 0.3 is 0 Å². The van der Waals surface area contributed by atoms with E-state index in [2.05, 4.69) is 12.2 Å². The lowest BCUT2D eigenvalue weighted by Gasteiger charge is -2.23. The molecule has 1 aliphatic rings. The minimum Gasteiger partial charge on any atom is -0.339 e. The Labute approximate surface area is 126 Å². The number of nitrogens with zero attached hydrogens (tertiary/aromatic N) is 1. The van der Waals surface area contributed by atoms with E-state index in [1.165, 1.54) is 17.7 Å². The normalized spacial score (nSPS) is 14.4. The summed E-state index contributed by atoms with van der Waals surface area (Å²) >= 11 is 0. The Morgan fingerprint density at radius 2 is 1.81 bits per heavy atom. The first-order chi connectivity index (χ1) is 10.3. The van der Waals surface area contributed by atoms with Gasteiger partial charge in [-0.3, -0.25) is 4.79 Å². The van der Waals surface area contributed by atoms with Crippen LogP contribution in [0.15, 0.2) is 36.4 Å². The number of halogens is 1. The number of hydrogen-bond acceptors (Lipinski definition) is 1. The Kier molecular flexibility index (Phi) is 6.45. The van der Waals surface area contributed by atoms with E-state index in [0.29, 0.717) is 6.42 Å². The van der Waals surface area contributed by atoms with Crippen LogP contribution in [0.3, 0.4) is 0 Å². The van der Waals surface area contributed by atoms with Gasteiger partial charge in [-0.2, -0.15) is 0 Å². The molecule has 1 heterocycles. The topological polar surface area (TPSA) is 20.3 Å². The number of amides is 1. The van der Waals surface area contributed by atoms with Crippen molar-refractivity contribution in [2.45, 2.75) is 44.9 Å². The maximum atomic E-state index is 12.8. The molecular formula is C18H24FNO. The maximum Gasteiger partial charge on any atom is 0.222 e. The molecule has 1 amide bonds. The van der Waals surface area contributed by atoms with Crippen LogP contribution in [0.5, 0.6) is 0 Å². The molecule has 2 nitrogen and oxygen atoms in total. The zero-order chi connectivity index (χ0) is 14.9. The number of aryl methyl sites for hydroxylation is 1. The van der Waals surface area contributed by atoms with Crippen LogP contribution >= 0.6 is 0 Å². The molecule has 1 aliphatic heterocycles. The fourth-order valence-corrected chi connectivity index (χ4v) is 2.64. The average Bonchev–Trinajstić information content (AvgIpc) is 2.53. The van der Waals surface area contributed by atoms with Crippen LogP contribution in [0.2, 0.25) is 0 Å². The highest BCUT2D eigenvalue weighted by molar-refractivity contribution is 5.76. The summed E-state index contributed by atoms with van der Waals surface area (Å²) < 4.78 is 12.8. The van der Waals surface area contributed by atoms with Crippen LogP contribution in [0.25, 0.3) is 0 Å². The lowest BCUT2D eigenvalue weighted by atomic mass is 10.1. The van der Waals surface area contributed by atoms with Crippen LogP contribution in [-0.2, 0) is 11.2 Å². The van der Waals surface area contributed by atoms with Gasteiger partial charge < -0.3 is 4.90 Å². The Bertz CT molecular complexity index is 467. The predicted molar refractivity (Wildman–Crippen MR) is 83.5 cm³/mol. The van der Waals surface area contributed by atoms with Gasteiger partial charge in [-0.25, -0.2) is 4.39 Å². The molecule has 0 N–H and O–H groups in total. The molecule has 21 heavy (non-hydrogen) atoms. The molecular weight excluding hydrogens is 265 g/mol. The summed E-state index contributed by atoms with van der Waals surface area (Å²) in [4.78, 5) is 13.9. The van der Waals surface area contributed by atoms with Crippen molar-refractivity contribution in [1.29, 1.82) is 0 Å². The largest absolute Gasteiger partial charge is 0.339 e. The van der Waals surface area contributed by atoms with E-state index in [0.717, 1.165) is 51.6 Å². The number of unbranched alkanes of at least 4 members (excludes halogenated alkanes) is 3. The Balaban J connectivity index is 1.52. The van der Waals surface area contributed by atoms with Gasteiger partial charge in [0.05, 0.1) is 0 Å². The molecule has 0 atom stereocenters. The van der Waals surface area contributed by atoms with Gasteiger partial charge in [0.15, 0.2) is 0 Å². The Morgan fingerprint density at radius 3 is 2.52 bits per heavy atom. The van der Waals surface area contributed by atoms with E-state index in [-0.39, 0.29) is 11.7 Å². The van der Waals surface area contributed by atoms with Crippen LogP contribution in [-0.4, -0.2) is 23.9 Å². The lowest BCUT2D eigenvalue weighted by Crippen LogP contribution is -2.33. The first-order valence-electron chi connectivity index (χ1n) is 7.93. The van der Waals surface area contributed by atoms with Gasteiger partial charge in [0.1, 0.15) is 5.82 Å². The highest BCUT2D eigenvalue weighted by Crippen LogP contribution is 2.11. The van der Waals surface area contributed by atoms with E-state index in [9.17, 15) is 9.18 Å². The van der Waals surface area contributed by atoms with Gasteiger partial charge in [-0.1, -0.05) is 37.1 Å². The minimum absolute atomic E-state index is 0.176. The van der Waals surface area contributed by atoms with E-state index in [4.69, 9.17) is 0 Å². The van der Waals surface area contributed by atoms with Crippen molar-refractivity contribution in [2.75, 3.05) is 13.1 Å². The fourth-order valence-electron chi connectivity index (χ4n) is 2.64. The number of carbonyl (C=O) groups excluding carboxylic acids is 1.